The number of anilines is 2. The van der Waals surface area contributed by atoms with Crippen molar-refractivity contribution in [1.82, 2.24) is 0 Å². The zero-order valence-corrected chi connectivity index (χ0v) is 16.8. The number of nitrogens with zero attached hydrogens (tertiary/aromatic N) is 3. The van der Waals surface area contributed by atoms with Crippen molar-refractivity contribution in [1.29, 1.82) is 5.26 Å². The van der Waals surface area contributed by atoms with E-state index < -0.39 is 18.1 Å². The summed E-state index contributed by atoms with van der Waals surface area (Å²) in [5.41, 5.74) is 3.69. The molecule has 0 spiro atoms. The van der Waals surface area contributed by atoms with E-state index in [9.17, 15) is 9.59 Å². The third-order valence-corrected chi connectivity index (χ3v) is 5.80. The summed E-state index contributed by atoms with van der Waals surface area (Å²) in [5, 5.41) is 10.8. The first-order chi connectivity index (χ1) is 15.1. The molecular formula is C25H19N3O3. The summed E-state index contributed by atoms with van der Waals surface area (Å²) in [4.78, 5) is 34.1. The lowest BCUT2D eigenvalue weighted by Gasteiger charge is -2.28. The maximum absolute atomic E-state index is 13.5. The molecule has 0 saturated carbocycles. The highest BCUT2D eigenvalue weighted by Crippen LogP contribution is 2.47. The van der Waals surface area contributed by atoms with E-state index in [0.29, 0.717) is 11.3 Å². The van der Waals surface area contributed by atoms with Crippen LogP contribution in [0.25, 0.3) is 0 Å². The molecular weight excluding hydrogens is 390 g/mol. The maximum Gasteiger partial charge on any atom is 0.266 e. The van der Waals surface area contributed by atoms with Gasteiger partial charge in [0.15, 0.2) is 6.10 Å². The Morgan fingerprint density at radius 3 is 2.16 bits per heavy atom. The molecule has 0 radical (unpaired) electrons. The molecule has 5 rings (SSSR count). The first-order valence-electron chi connectivity index (χ1n) is 10.0. The molecule has 3 atom stereocenters. The quantitative estimate of drug-likeness (QED) is 0.613. The minimum absolute atomic E-state index is 0.286. The molecule has 6 heteroatoms. The van der Waals surface area contributed by atoms with Crippen molar-refractivity contribution in [2.75, 3.05) is 9.96 Å². The van der Waals surface area contributed by atoms with Crippen molar-refractivity contribution in [3.8, 4) is 6.07 Å². The van der Waals surface area contributed by atoms with Gasteiger partial charge in [0, 0.05) is 0 Å². The van der Waals surface area contributed by atoms with Crippen LogP contribution in [0.2, 0.25) is 0 Å². The molecule has 3 aromatic rings. The van der Waals surface area contributed by atoms with E-state index in [1.807, 2.05) is 61.5 Å². The highest BCUT2D eigenvalue weighted by molar-refractivity contribution is 6.23. The summed E-state index contributed by atoms with van der Waals surface area (Å²) in [6.07, 6.45) is -0.908. The standard InChI is InChI=1S/C25H19N3O3/c1-16-7-13-19(14-8-16)27-24(29)21-22(18-11-9-17(15-26)10-12-18)28(31-23(21)25(27)30)20-5-3-2-4-6-20/h2-14,21-23H,1H3. The minimum Gasteiger partial charge on any atom is -0.273 e. The van der Waals surface area contributed by atoms with E-state index in [1.54, 1.807) is 29.3 Å². The van der Waals surface area contributed by atoms with Crippen molar-refractivity contribution in [3.05, 3.63) is 95.6 Å². The zero-order valence-electron chi connectivity index (χ0n) is 16.8. The minimum atomic E-state index is -0.908. The Bertz CT molecular complexity index is 1180. The number of carbonyl (C=O) groups excluding carboxylic acids is 2. The molecule has 2 saturated heterocycles. The zero-order chi connectivity index (χ0) is 21.5. The number of imide groups is 1. The van der Waals surface area contributed by atoms with E-state index >= 15 is 0 Å². The second-order valence-corrected chi connectivity index (χ2v) is 7.74. The normalized spacial score (nSPS) is 22.5. The smallest absolute Gasteiger partial charge is 0.266 e. The summed E-state index contributed by atoms with van der Waals surface area (Å²) in [6, 6.07) is 25.4. The molecule has 2 amide bonds. The summed E-state index contributed by atoms with van der Waals surface area (Å²) in [6.45, 7) is 1.95. The van der Waals surface area contributed by atoms with Crippen LogP contribution in [0.5, 0.6) is 0 Å². The van der Waals surface area contributed by atoms with E-state index in [0.717, 1.165) is 16.8 Å². The number of hydrogen-bond acceptors (Lipinski definition) is 5. The van der Waals surface area contributed by atoms with Crippen LogP contribution in [-0.4, -0.2) is 17.9 Å². The average molecular weight is 409 g/mol. The number of carbonyl (C=O) groups is 2. The van der Waals surface area contributed by atoms with E-state index in [-0.39, 0.29) is 11.8 Å². The van der Waals surface area contributed by atoms with Gasteiger partial charge in [-0.2, -0.15) is 5.26 Å². The summed E-state index contributed by atoms with van der Waals surface area (Å²) < 4.78 is 0. The van der Waals surface area contributed by atoms with Gasteiger partial charge in [0.25, 0.3) is 5.91 Å². The van der Waals surface area contributed by atoms with Gasteiger partial charge in [0.2, 0.25) is 5.91 Å². The maximum atomic E-state index is 13.5. The fraction of sp³-hybridized carbons (Fsp3) is 0.160. The molecule has 0 aromatic heterocycles. The van der Waals surface area contributed by atoms with Crippen molar-refractivity contribution in [2.24, 2.45) is 5.92 Å². The SMILES string of the molecule is Cc1ccc(N2C(=O)C3ON(c4ccccc4)C(c4ccc(C#N)cc4)C3C2=O)cc1. The van der Waals surface area contributed by atoms with Gasteiger partial charge in [0.1, 0.15) is 5.92 Å². The van der Waals surface area contributed by atoms with Gasteiger partial charge in [-0.1, -0.05) is 48.0 Å². The fourth-order valence-corrected chi connectivity index (χ4v) is 4.26. The highest BCUT2D eigenvalue weighted by atomic mass is 16.7. The van der Waals surface area contributed by atoms with Gasteiger partial charge >= 0.3 is 0 Å². The third kappa shape index (κ3) is 3.07. The summed E-state index contributed by atoms with van der Waals surface area (Å²) in [5.74, 6) is -1.34. The van der Waals surface area contributed by atoms with Gasteiger partial charge in [-0.3, -0.25) is 14.4 Å². The highest BCUT2D eigenvalue weighted by Gasteiger charge is 2.60. The number of hydrogen-bond donors (Lipinski definition) is 0. The van der Waals surface area contributed by atoms with Gasteiger partial charge < -0.3 is 0 Å². The largest absolute Gasteiger partial charge is 0.273 e. The molecule has 0 bridgehead atoms. The third-order valence-electron chi connectivity index (χ3n) is 5.80. The second-order valence-electron chi connectivity index (χ2n) is 7.74. The predicted octanol–water partition coefficient (Wildman–Crippen LogP) is 3.92. The number of nitriles is 1. The summed E-state index contributed by atoms with van der Waals surface area (Å²) >= 11 is 0. The molecule has 2 aliphatic rings. The number of hydroxylamine groups is 1. The van der Waals surface area contributed by atoms with Gasteiger partial charge in [-0.15, -0.1) is 0 Å². The van der Waals surface area contributed by atoms with Gasteiger partial charge in [-0.25, -0.2) is 9.96 Å². The predicted molar refractivity (Wildman–Crippen MR) is 115 cm³/mol. The molecule has 0 aliphatic carbocycles. The van der Waals surface area contributed by atoms with Crippen LogP contribution in [0.3, 0.4) is 0 Å². The summed E-state index contributed by atoms with van der Waals surface area (Å²) in [7, 11) is 0. The fourth-order valence-electron chi connectivity index (χ4n) is 4.26. The lowest BCUT2D eigenvalue weighted by atomic mass is 9.90. The van der Waals surface area contributed by atoms with Crippen molar-refractivity contribution in [3.63, 3.8) is 0 Å². The number of aryl methyl sites for hydroxylation is 1. The topological polar surface area (TPSA) is 73.6 Å². The van der Waals surface area contributed by atoms with Crippen LogP contribution in [0.4, 0.5) is 11.4 Å². The Hall–Kier alpha value is -3.95. The Labute approximate surface area is 179 Å². The van der Waals surface area contributed by atoms with Crippen LogP contribution < -0.4 is 9.96 Å². The molecule has 3 aromatic carbocycles. The molecule has 3 unspecified atom stereocenters. The van der Waals surface area contributed by atoms with Gasteiger partial charge in [0.05, 0.1) is 29.0 Å². The first kappa shape index (κ1) is 19.0. The van der Waals surface area contributed by atoms with E-state index in [1.165, 1.54) is 4.90 Å². The molecule has 2 aliphatic heterocycles. The molecule has 0 N–H and O–H groups in total. The molecule has 6 nitrogen and oxygen atoms in total. The lowest BCUT2D eigenvalue weighted by molar-refractivity contribution is -0.126. The Kier molecular flexibility index (Phi) is 4.54. The molecule has 152 valence electrons. The van der Waals surface area contributed by atoms with Crippen LogP contribution in [0.1, 0.15) is 22.7 Å². The lowest BCUT2D eigenvalue weighted by Crippen LogP contribution is -2.37. The number of para-hydroxylation sites is 1. The van der Waals surface area contributed by atoms with Crippen LogP contribution in [-0.2, 0) is 14.4 Å². The first-order valence-corrected chi connectivity index (χ1v) is 10.0. The van der Waals surface area contributed by atoms with Gasteiger partial charge in [-0.05, 0) is 48.9 Å². The second kappa shape index (κ2) is 7.38. The van der Waals surface area contributed by atoms with Crippen molar-refractivity contribution < 1.29 is 14.4 Å². The molecule has 31 heavy (non-hydrogen) atoms. The monoisotopic (exact) mass is 409 g/mol. The Balaban J connectivity index is 1.58. The molecule has 2 heterocycles. The van der Waals surface area contributed by atoms with Crippen molar-refractivity contribution in [2.45, 2.75) is 19.1 Å². The van der Waals surface area contributed by atoms with E-state index in [2.05, 4.69) is 6.07 Å². The molecule has 2 fully saturated rings. The van der Waals surface area contributed by atoms with Crippen molar-refractivity contribution >= 4 is 23.2 Å². The van der Waals surface area contributed by atoms with Crippen LogP contribution in [0.15, 0.2) is 78.9 Å². The van der Waals surface area contributed by atoms with E-state index in [4.69, 9.17) is 10.1 Å². The Morgan fingerprint density at radius 1 is 0.839 bits per heavy atom. The number of amides is 2. The number of benzene rings is 3. The number of rotatable bonds is 3. The number of fused-ring (bicyclic) bond motifs is 1. The Morgan fingerprint density at radius 2 is 1.52 bits per heavy atom. The van der Waals surface area contributed by atoms with Crippen LogP contribution in [0, 0.1) is 24.2 Å². The average Bonchev–Trinajstić information content (AvgIpc) is 3.31. The van der Waals surface area contributed by atoms with Crippen LogP contribution >= 0.6 is 0 Å².